The first kappa shape index (κ1) is 24.6. The van der Waals surface area contributed by atoms with Crippen molar-refractivity contribution >= 4 is 16.9 Å². The lowest BCUT2D eigenvalue weighted by atomic mass is 9.84. The number of aromatic hydroxyl groups is 4. The van der Waals surface area contributed by atoms with Crippen LogP contribution in [0.1, 0.15) is 23.5 Å². The van der Waals surface area contributed by atoms with Gasteiger partial charge in [0.05, 0.1) is 27.8 Å². The molecule has 0 bridgehead atoms. The lowest BCUT2D eigenvalue weighted by molar-refractivity contribution is -0.135. The van der Waals surface area contributed by atoms with E-state index in [4.69, 9.17) is 23.4 Å². The van der Waals surface area contributed by atoms with E-state index in [1.807, 2.05) is 0 Å². The second kappa shape index (κ2) is 9.11. The highest BCUT2D eigenvalue weighted by Crippen LogP contribution is 2.49. The van der Waals surface area contributed by atoms with Gasteiger partial charge in [-0.2, -0.15) is 0 Å². The number of benzene rings is 3. The van der Waals surface area contributed by atoms with Gasteiger partial charge in [0, 0.05) is 23.1 Å². The summed E-state index contributed by atoms with van der Waals surface area (Å²) in [6.45, 7) is 0. The Morgan fingerprint density at radius 2 is 1.53 bits per heavy atom. The number of esters is 1. The molecule has 1 aliphatic heterocycles. The van der Waals surface area contributed by atoms with Crippen LogP contribution in [0.25, 0.3) is 22.3 Å². The van der Waals surface area contributed by atoms with Crippen molar-refractivity contribution in [2.24, 2.45) is 0 Å². The molecule has 0 fully saturated rings. The smallest absolute Gasteiger partial charge is 0.312 e. The average molecular weight is 522 g/mol. The van der Waals surface area contributed by atoms with Crippen LogP contribution in [-0.2, 0) is 4.79 Å². The first-order chi connectivity index (χ1) is 18.2. The molecule has 0 saturated carbocycles. The molecule has 196 valence electrons. The third-order valence-corrected chi connectivity index (χ3v) is 6.39. The van der Waals surface area contributed by atoms with E-state index in [1.165, 1.54) is 27.4 Å². The van der Waals surface area contributed by atoms with Crippen LogP contribution >= 0.6 is 0 Å². The SMILES string of the molecule is COc1cc(C2CC(=O)Oc3cc(O)c4c(=O)c(O)c(-c5ccc(O)c(O)c5)oc4c32)cc(OC)c1OC. The molecule has 0 amide bonds. The summed E-state index contributed by atoms with van der Waals surface area (Å²) in [5.41, 5.74) is -0.228. The highest BCUT2D eigenvalue weighted by Gasteiger charge is 2.35. The van der Waals surface area contributed by atoms with Crippen molar-refractivity contribution in [3.05, 3.63) is 57.7 Å². The summed E-state index contributed by atoms with van der Waals surface area (Å²) in [6.07, 6.45) is -0.161. The van der Waals surface area contributed by atoms with Crippen molar-refractivity contribution in [3.8, 4) is 57.3 Å². The molecule has 0 aliphatic carbocycles. The summed E-state index contributed by atoms with van der Waals surface area (Å²) in [6, 6.07) is 7.99. The summed E-state index contributed by atoms with van der Waals surface area (Å²) < 4.78 is 27.7. The zero-order valence-corrected chi connectivity index (χ0v) is 20.4. The largest absolute Gasteiger partial charge is 0.507 e. The molecule has 11 heteroatoms. The maximum atomic E-state index is 13.2. The molecule has 2 heterocycles. The van der Waals surface area contributed by atoms with Gasteiger partial charge < -0.3 is 43.8 Å². The van der Waals surface area contributed by atoms with Gasteiger partial charge in [0.25, 0.3) is 0 Å². The fourth-order valence-electron chi connectivity index (χ4n) is 4.63. The minimum absolute atomic E-state index is 0.0432. The number of hydrogen-bond acceptors (Lipinski definition) is 11. The first-order valence-corrected chi connectivity index (χ1v) is 11.3. The van der Waals surface area contributed by atoms with Crippen LogP contribution in [-0.4, -0.2) is 47.7 Å². The van der Waals surface area contributed by atoms with Gasteiger partial charge in [-0.15, -0.1) is 0 Å². The minimum atomic E-state index is -0.949. The number of ether oxygens (including phenoxy) is 4. The number of hydrogen-bond donors (Lipinski definition) is 4. The highest BCUT2D eigenvalue weighted by atomic mass is 16.5. The molecule has 0 spiro atoms. The van der Waals surface area contributed by atoms with Gasteiger partial charge in [0.1, 0.15) is 22.5 Å². The second-order valence-electron chi connectivity index (χ2n) is 8.51. The predicted molar refractivity (Wildman–Crippen MR) is 133 cm³/mol. The third-order valence-electron chi connectivity index (χ3n) is 6.39. The zero-order chi connectivity index (χ0) is 27.3. The van der Waals surface area contributed by atoms with E-state index in [1.54, 1.807) is 12.1 Å². The van der Waals surface area contributed by atoms with Crippen molar-refractivity contribution < 1.29 is 48.6 Å². The average Bonchev–Trinajstić information content (AvgIpc) is 2.90. The van der Waals surface area contributed by atoms with Crippen molar-refractivity contribution in [3.63, 3.8) is 0 Å². The van der Waals surface area contributed by atoms with Crippen LogP contribution in [0.5, 0.6) is 46.0 Å². The Morgan fingerprint density at radius 3 is 2.13 bits per heavy atom. The van der Waals surface area contributed by atoms with Crippen LogP contribution < -0.4 is 24.4 Å². The number of carbonyl (C=O) groups excluding carboxylic acids is 1. The Balaban J connectivity index is 1.84. The van der Waals surface area contributed by atoms with E-state index in [0.717, 1.165) is 18.2 Å². The quantitative estimate of drug-likeness (QED) is 0.171. The van der Waals surface area contributed by atoms with Crippen LogP contribution in [0, 0.1) is 0 Å². The fraction of sp³-hybridized carbons (Fsp3) is 0.185. The van der Waals surface area contributed by atoms with Crippen molar-refractivity contribution in [2.75, 3.05) is 21.3 Å². The summed E-state index contributed by atoms with van der Waals surface area (Å²) in [7, 11) is 4.34. The Labute approximate surface area is 214 Å². The van der Waals surface area contributed by atoms with Crippen molar-refractivity contribution in [1.82, 2.24) is 0 Å². The molecular formula is C27H22O11. The van der Waals surface area contributed by atoms with Crippen LogP contribution in [0.3, 0.4) is 0 Å². The fourth-order valence-corrected chi connectivity index (χ4v) is 4.63. The van der Waals surface area contributed by atoms with Gasteiger partial charge in [-0.05, 0) is 35.9 Å². The van der Waals surface area contributed by atoms with E-state index in [-0.39, 0.29) is 40.0 Å². The molecule has 1 aliphatic rings. The van der Waals surface area contributed by atoms with Gasteiger partial charge in [-0.25, -0.2) is 0 Å². The molecule has 1 atom stereocenters. The first-order valence-electron chi connectivity index (χ1n) is 11.3. The normalized spacial score (nSPS) is 14.6. The number of methoxy groups -OCH3 is 3. The van der Waals surface area contributed by atoms with Crippen LogP contribution in [0.4, 0.5) is 0 Å². The van der Waals surface area contributed by atoms with E-state index in [9.17, 15) is 30.0 Å². The van der Waals surface area contributed by atoms with E-state index in [0.29, 0.717) is 22.8 Å². The Hall–Kier alpha value is -5.06. The number of phenolic OH excluding ortho intramolecular Hbond substituents is 3. The van der Waals surface area contributed by atoms with Crippen LogP contribution in [0.15, 0.2) is 45.6 Å². The number of carbonyl (C=O) groups is 1. The highest BCUT2D eigenvalue weighted by molar-refractivity contribution is 5.94. The zero-order valence-electron chi connectivity index (χ0n) is 20.4. The molecule has 1 aromatic heterocycles. The van der Waals surface area contributed by atoms with E-state index >= 15 is 0 Å². The Bertz CT molecular complexity index is 1640. The number of rotatable bonds is 5. The van der Waals surface area contributed by atoms with Crippen molar-refractivity contribution in [2.45, 2.75) is 12.3 Å². The van der Waals surface area contributed by atoms with Gasteiger partial charge in [0.2, 0.25) is 16.9 Å². The van der Waals surface area contributed by atoms with Gasteiger partial charge in [0.15, 0.2) is 28.8 Å². The van der Waals surface area contributed by atoms with Crippen molar-refractivity contribution in [1.29, 1.82) is 0 Å². The van der Waals surface area contributed by atoms with E-state index < -0.39 is 40.3 Å². The molecule has 0 radical (unpaired) electrons. The lowest BCUT2D eigenvalue weighted by Gasteiger charge is -2.27. The summed E-state index contributed by atoms with van der Waals surface area (Å²) in [5, 5.41) is 40.6. The molecule has 4 aromatic rings. The molecule has 11 nitrogen and oxygen atoms in total. The molecular weight excluding hydrogens is 500 g/mol. The lowest BCUT2D eigenvalue weighted by Crippen LogP contribution is -2.22. The number of phenols is 3. The van der Waals surface area contributed by atoms with Gasteiger partial charge >= 0.3 is 5.97 Å². The monoisotopic (exact) mass is 522 g/mol. The molecule has 3 aromatic carbocycles. The van der Waals surface area contributed by atoms with Gasteiger partial charge in [-0.3, -0.25) is 9.59 Å². The standard InChI is InChI=1S/C27H22O11/c1-34-18-7-12(8-19(35-2)26(18)36-3)13-9-20(31)37-17-10-16(30)22-23(32)24(33)25(38-27(22)21(13)17)11-4-5-14(28)15(29)6-11/h4-8,10,13,28-30,33H,9H2,1-3H3. The Kier molecular flexibility index (Phi) is 5.90. The summed E-state index contributed by atoms with van der Waals surface area (Å²) in [5.74, 6) is -3.06. The third kappa shape index (κ3) is 3.76. The number of fused-ring (bicyclic) bond motifs is 3. The Morgan fingerprint density at radius 1 is 0.842 bits per heavy atom. The predicted octanol–water partition coefficient (Wildman–Crippen LogP) is 3.75. The second-order valence-corrected chi connectivity index (χ2v) is 8.51. The van der Waals surface area contributed by atoms with E-state index in [2.05, 4.69) is 0 Å². The minimum Gasteiger partial charge on any atom is -0.507 e. The summed E-state index contributed by atoms with van der Waals surface area (Å²) >= 11 is 0. The molecule has 1 unspecified atom stereocenters. The molecule has 0 saturated heterocycles. The maximum absolute atomic E-state index is 13.2. The van der Waals surface area contributed by atoms with Gasteiger partial charge in [-0.1, -0.05) is 0 Å². The summed E-state index contributed by atoms with van der Waals surface area (Å²) in [4.78, 5) is 25.8. The molecule has 4 N–H and O–H groups in total. The van der Waals surface area contributed by atoms with Crippen LogP contribution in [0.2, 0.25) is 0 Å². The topological polar surface area (TPSA) is 165 Å². The molecule has 38 heavy (non-hydrogen) atoms. The maximum Gasteiger partial charge on any atom is 0.312 e. The molecule has 5 rings (SSSR count).